The number of para-hydroxylation sites is 2. The average molecular weight is 494 g/mol. The van der Waals surface area contributed by atoms with Crippen LogP contribution in [0.1, 0.15) is 11.1 Å². The number of amides is 2. The minimum absolute atomic E-state index is 0.318. The van der Waals surface area contributed by atoms with Gasteiger partial charge in [-0.25, -0.2) is 0 Å². The van der Waals surface area contributed by atoms with Gasteiger partial charge in [-0.05, 0) is 58.5 Å². The van der Waals surface area contributed by atoms with Gasteiger partial charge in [0, 0.05) is 27.8 Å². The lowest BCUT2D eigenvalue weighted by Crippen LogP contribution is -2.24. The van der Waals surface area contributed by atoms with Gasteiger partial charge in [0.2, 0.25) is 6.41 Å². The van der Waals surface area contributed by atoms with Crippen molar-refractivity contribution in [1.29, 1.82) is 0 Å². The Morgan fingerprint density at radius 3 is 2.34 bits per heavy atom. The van der Waals surface area contributed by atoms with E-state index in [1.807, 2.05) is 78.9 Å². The lowest BCUT2D eigenvalue weighted by Gasteiger charge is -2.20. The fourth-order valence-corrected chi connectivity index (χ4v) is 3.35. The third-order valence-electron chi connectivity index (χ3n) is 4.39. The summed E-state index contributed by atoms with van der Waals surface area (Å²) in [5.74, 6) is 5.30. The van der Waals surface area contributed by atoms with Gasteiger partial charge in [0.05, 0.1) is 12.2 Å². The molecule has 29 heavy (non-hydrogen) atoms. The van der Waals surface area contributed by atoms with Crippen LogP contribution in [0.25, 0.3) is 0 Å². The first-order valence-corrected chi connectivity index (χ1v) is 10.1. The Hall–Kier alpha value is -3.11. The third kappa shape index (κ3) is 5.24. The Bertz CT molecular complexity index is 1070. The number of carbonyl (C=O) groups is 2. The van der Waals surface area contributed by atoms with Crippen LogP contribution in [-0.4, -0.2) is 19.4 Å². The summed E-state index contributed by atoms with van der Waals surface area (Å²) in [7, 11) is 1.69. The second kappa shape index (κ2) is 9.89. The van der Waals surface area contributed by atoms with Gasteiger partial charge in [-0.1, -0.05) is 54.5 Å². The SMILES string of the molecule is CN(C(=O)C#Cc1ccccc1N(C=O)Cc1ccccc1I)c1ccccc1. The molecule has 0 aromatic heterocycles. The van der Waals surface area contributed by atoms with Crippen molar-refractivity contribution >= 4 is 46.3 Å². The topological polar surface area (TPSA) is 40.6 Å². The van der Waals surface area contributed by atoms with Crippen LogP contribution in [0, 0.1) is 15.4 Å². The van der Waals surface area contributed by atoms with Crippen LogP contribution in [0.2, 0.25) is 0 Å². The highest BCUT2D eigenvalue weighted by Gasteiger charge is 2.12. The number of carbonyl (C=O) groups excluding carboxylic acids is 2. The zero-order valence-electron chi connectivity index (χ0n) is 15.9. The lowest BCUT2D eigenvalue weighted by atomic mass is 10.1. The summed E-state index contributed by atoms with van der Waals surface area (Å²) in [4.78, 5) is 27.4. The minimum Gasteiger partial charge on any atom is -0.309 e. The van der Waals surface area contributed by atoms with E-state index in [4.69, 9.17) is 0 Å². The van der Waals surface area contributed by atoms with E-state index in [0.29, 0.717) is 17.8 Å². The van der Waals surface area contributed by atoms with Crippen LogP contribution in [0.3, 0.4) is 0 Å². The maximum absolute atomic E-state index is 12.5. The van der Waals surface area contributed by atoms with Gasteiger partial charge in [-0.2, -0.15) is 0 Å². The molecule has 4 nitrogen and oxygen atoms in total. The van der Waals surface area contributed by atoms with Gasteiger partial charge in [0.1, 0.15) is 0 Å². The molecule has 0 aliphatic carbocycles. The number of halogens is 1. The van der Waals surface area contributed by atoms with E-state index in [1.54, 1.807) is 11.9 Å². The van der Waals surface area contributed by atoms with Crippen molar-refractivity contribution in [2.75, 3.05) is 16.8 Å². The summed E-state index contributed by atoms with van der Waals surface area (Å²) in [5, 5.41) is 0. The van der Waals surface area contributed by atoms with Gasteiger partial charge in [-0.3, -0.25) is 9.59 Å². The van der Waals surface area contributed by atoms with Crippen LogP contribution in [-0.2, 0) is 16.1 Å². The molecule has 5 heteroatoms. The fraction of sp³-hybridized carbons (Fsp3) is 0.0833. The van der Waals surface area contributed by atoms with E-state index in [1.165, 1.54) is 4.90 Å². The molecule has 3 aromatic carbocycles. The van der Waals surface area contributed by atoms with Crippen LogP contribution < -0.4 is 9.80 Å². The predicted molar refractivity (Wildman–Crippen MR) is 125 cm³/mol. The van der Waals surface area contributed by atoms with Crippen molar-refractivity contribution in [3.8, 4) is 11.8 Å². The van der Waals surface area contributed by atoms with Crippen molar-refractivity contribution in [1.82, 2.24) is 0 Å². The molecule has 0 N–H and O–H groups in total. The Morgan fingerprint density at radius 1 is 0.966 bits per heavy atom. The number of hydrogen-bond acceptors (Lipinski definition) is 2. The summed E-state index contributed by atoms with van der Waals surface area (Å²) in [6.07, 6.45) is 0.793. The average Bonchev–Trinajstić information content (AvgIpc) is 2.77. The van der Waals surface area contributed by atoms with E-state index in [0.717, 1.165) is 21.2 Å². The van der Waals surface area contributed by atoms with Gasteiger partial charge in [0.15, 0.2) is 0 Å². The molecule has 3 aromatic rings. The van der Waals surface area contributed by atoms with E-state index in [9.17, 15) is 9.59 Å². The highest BCUT2D eigenvalue weighted by molar-refractivity contribution is 14.1. The largest absolute Gasteiger partial charge is 0.309 e. The molecule has 0 heterocycles. The normalized spacial score (nSPS) is 9.86. The molecular weight excluding hydrogens is 475 g/mol. The highest BCUT2D eigenvalue weighted by atomic mass is 127. The summed E-state index contributed by atoms with van der Waals surface area (Å²) < 4.78 is 1.08. The number of nitrogens with zero attached hydrogens (tertiary/aromatic N) is 2. The Kier molecular flexibility index (Phi) is 7.04. The zero-order valence-corrected chi connectivity index (χ0v) is 18.0. The number of hydrogen-bond donors (Lipinski definition) is 0. The molecule has 0 radical (unpaired) electrons. The van der Waals surface area contributed by atoms with Gasteiger partial charge >= 0.3 is 5.91 Å². The highest BCUT2D eigenvalue weighted by Crippen LogP contribution is 2.22. The monoisotopic (exact) mass is 494 g/mol. The molecule has 0 saturated heterocycles. The molecule has 144 valence electrons. The molecular formula is C24H19IN2O2. The minimum atomic E-state index is -0.318. The van der Waals surface area contributed by atoms with Crippen molar-refractivity contribution < 1.29 is 9.59 Å². The predicted octanol–water partition coefficient (Wildman–Crippen LogP) is 4.47. The summed E-state index contributed by atoms with van der Waals surface area (Å²) in [6, 6.07) is 24.6. The van der Waals surface area contributed by atoms with Gasteiger partial charge in [0.25, 0.3) is 0 Å². The van der Waals surface area contributed by atoms with Crippen molar-refractivity contribution in [2.24, 2.45) is 0 Å². The lowest BCUT2D eigenvalue weighted by molar-refractivity contribution is -0.113. The molecule has 0 aliphatic heterocycles. The first-order chi connectivity index (χ1) is 14.1. The Morgan fingerprint density at radius 2 is 1.62 bits per heavy atom. The van der Waals surface area contributed by atoms with Crippen LogP contribution in [0.4, 0.5) is 11.4 Å². The third-order valence-corrected chi connectivity index (χ3v) is 5.44. The van der Waals surface area contributed by atoms with Crippen LogP contribution >= 0.6 is 22.6 Å². The van der Waals surface area contributed by atoms with Crippen molar-refractivity contribution in [2.45, 2.75) is 6.54 Å². The standard InChI is InChI=1S/C24H19IN2O2/c1-26(21-11-3-2-4-12-21)24(29)16-15-19-9-6-8-14-23(19)27(18-28)17-20-10-5-7-13-22(20)25/h2-14,18H,17H2,1H3. The molecule has 0 fully saturated rings. The quantitative estimate of drug-likeness (QED) is 0.299. The van der Waals surface area contributed by atoms with Crippen molar-refractivity contribution in [3.05, 3.63) is 93.6 Å². The molecule has 0 bridgehead atoms. The van der Waals surface area contributed by atoms with Crippen LogP contribution in [0.15, 0.2) is 78.9 Å². The maximum Gasteiger partial charge on any atom is 0.302 e. The summed E-state index contributed by atoms with van der Waals surface area (Å²) >= 11 is 2.26. The number of benzene rings is 3. The number of rotatable bonds is 5. The van der Waals surface area contributed by atoms with E-state index >= 15 is 0 Å². The van der Waals surface area contributed by atoms with Gasteiger partial charge in [-0.15, -0.1) is 0 Å². The fourth-order valence-electron chi connectivity index (χ4n) is 2.79. The second-order valence-electron chi connectivity index (χ2n) is 6.29. The smallest absolute Gasteiger partial charge is 0.302 e. The Labute approximate surface area is 184 Å². The van der Waals surface area contributed by atoms with E-state index < -0.39 is 0 Å². The van der Waals surface area contributed by atoms with Gasteiger partial charge < -0.3 is 9.80 Å². The molecule has 0 saturated carbocycles. The molecule has 3 rings (SSSR count). The summed E-state index contributed by atoms with van der Waals surface area (Å²) in [6.45, 7) is 0.430. The first-order valence-electron chi connectivity index (χ1n) is 8.99. The zero-order chi connectivity index (χ0) is 20.6. The van der Waals surface area contributed by atoms with Crippen molar-refractivity contribution in [3.63, 3.8) is 0 Å². The first kappa shape index (κ1) is 20.6. The van der Waals surface area contributed by atoms with E-state index in [2.05, 4.69) is 34.4 Å². The molecule has 0 atom stereocenters. The summed E-state index contributed by atoms with van der Waals surface area (Å²) in [5.41, 5.74) is 3.11. The molecule has 0 spiro atoms. The maximum atomic E-state index is 12.5. The number of anilines is 2. The van der Waals surface area contributed by atoms with E-state index in [-0.39, 0.29) is 5.91 Å². The molecule has 0 aliphatic rings. The van der Waals surface area contributed by atoms with Crippen LogP contribution in [0.5, 0.6) is 0 Å². The molecule has 0 unspecified atom stereocenters. The Balaban J connectivity index is 1.85. The second-order valence-corrected chi connectivity index (χ2v) is 7.45. The molecule has 2 amide bonds.